The summed E-state index contributed by atoms with van der Waals surface area (Å²) in [5.74, 6) is 4.54. The lowest BCUT2D eigenvalue weighted by Crippen LogP contribution is -2.12. The molecule has 0 aliphatic carbocycles. The van der Waals surface area contributed by atoms with Crippen LogP contribution in [-0.4, -0.2) is 61.7 Å². The maximum atomic E-state index is 5.71. The monoisotopic (exact) mass is 422 g/mol. The van der Waals surface area contributed by atoms with E-state index in [9.17, 15) is 0 Å². The standard InChI is InChI=1S/C21H26O9/c1-22-16-9-14(10-17(23-2)20(16)25-4)27-7-5-26-6-8-28-15-11-18(24-3)21-19(12-15)29-13-30-21/h9-12H,5-8,13H2,1-4H3. The van der Waals surface area contributed by atoms with Crippen LogP contribution < -0.4 is 37.9 Å². The molecule has 9 heteroatoms. The zero-order valence-electron chi connectivity index (χ0n) is 17.5. The third kappa shape index (κ3) is 5.04. The first-order chi connectivity index (χ1) is 14.7. The van der Waals surface area contributed by atoms with E-state index >= 15 is 0 Å². The lowest BCUT2D eigenvalue weighted by atomic mass is 10.2. The van der Waals surface area contributed by atoms with Crippen LogP contribution in [0.1, 0.15) is 0 Å². The molecule has 0 bridgehead atoms. The van der Waals surface area contributed by atoms with Crippen LogP contribution in [0.3, 0.4) is 0 Å². The molecule has 2 aromatic carbocycles. The molecular weight excluding hydrogens is 396 g/mol. The average molecular weight is 422 g/mol. The molecule has 0 amide bonds. The quantitative estimate of drug-likeness (QED) is 0.480. The summed E-state index contributed by atoms with van der Waals surface area (Å²) in [6.45, 7) is 1.69. The zero-order valence-corrected chi connectivity index (χ0v) is 17.5. The van der Waals surface area contributed by atoms with Crippen LogP contribution in [0.5, 0.6) is 46.0 Å². The van der Waals surface area contributed by atoms with Crippen molar-refractivity contribution in [3.63, 3.8) is 0 Å². The Morgan fingerprint density at radius 1 is 0.667 bits per heavy atom. The molecule has 1 aliphatic rings. The third-order valence-electron chi connectivity index (χ3n) is 4.26. The Hall–Kier alpha value is -3.20. The molecular formula is C21H26O9. The van der Waals surface area contributed by atoms with Gasteiger partial charge >= 0.3 is 0 Å². The van der Waals surface area contributed by atoms with Crippen molar-refractivity contribution in [3.05, 3.63) is 24.3 Å². The van der Waals surface area contributed by atoms with Gasteiger partial charge in [-0.25, -0.2) is 0 Å². The summed E-state index contributed by atoms with van der Waals surface area (Å²) < 4.78 is 48.9. The Kier molecular flexibility index (Phi) is 7.56. The van der Waals surface area contributed by atoms with Gasteiger partial charge in [-0.3, -0.25) is 0 Å². The fourth-order valence-electron chi connectivity index (χ4n) is 2.87. The molecule has 0 saturated heterocycles. The number of fused-ring (bicyclic) bond motifs is 1. The van der Waals surface area contributed by atoms with E-state index in [1.807, 2.05) is 0 Å². The van der Waals surface area contributed by atoms with Gasteiger partial charge in [0.05, 0.1) is 41.7 Å². The molecule has 0 atom stereocenters. The topological polar surface area (TPSA) is 83.1 Å². The summed E-state index contributed by atoms with van der Waals surface area (Å²) in [6, 6.07) is 6.98. The molecule has 0 N–H and O–H groups in total. The van der Waals surface area contributed by atoms with E-state index in [1.54, 1.807) is 52.7 Å². The van der Waals surface area contributed by atoms with Crippen LogP contribution in [0.4, 0.5) is 0 Å². The highest BCUT2D eigenvalue weighted by Gasteiger charge is 2.20. The van der Waals surface area contributed by atoms with Gasteiger partial charge in [-0.05, 0) is 0 Å². The molecule has 164 valence electrons. The van der Waals surface area contributed by atoms with Gasteiger partial charge in [0, 0.05) is 24.3 Å². The lowest BCUT2D eigenvalue weighted by Gasteiger charge is -2.14. The van der Waals surface area contributed by atoms with E-state index in [0.29, 0.717) is 72.4 Å². The van der Waals surface area contributed by atoms with Gasteiger partial charge in [0.1, 0.15) is 24.7 Å². The van der Waals surface area contributed by atoms with E-state index in [2.05, 4.69) is 0 Å². The number of rotatable bonds is 12. The van der Waals surface area contributed by atoms with Crippen molar-refractivity contribution in [3.8, 4) is 46.0 Å². The second-order valence-corrected chi connectivity index (χ2v) is 6.03. The fourth-order valence-corrected chi connectivity index (χ4v) is 2.87. The van der Waals surface area contributed by atoms with E-state index < -0.39 is 0 Å². The summed E-state index contributed by atoms with van der Waals surface area (Å²) in [6.07, 6.45) is 0. The summed E-state index contributed by atoms with van der Waals surface area (Å²) >= 11 is 0. The van der Waals surface area contributed by atoms with Gasteiger partial charge in [-0.15, -0.1) is 0 Å². The molecule has 0 radical (unpaired) electrons. The number of hydrogen-bond acceptors (Lipinski definition) is 9. The molecule has 0 unspecified atom stereocenters. The van der Waals surface area contributed by atoms with E-state index in [4.69, 9.17) is 42.6 Å². The molecule has 0 spiro atoms. The molecule has 30 heavy (non-hydrogen) atoms. The largest absolute Gasteiger partial charge is 0.493 e. The number of hydrogen-bond donors (Lipinski definition) is 0. The summed E-state index contributed by atoms with van der Waals surface area (Å²) in [4.78, 5) is 0. The van der Waals surface area contributed by atoms with Crippen LogP contribution >= 0.6 is 0 Å². The van der Waals surface area contributed by atoms with Crippen molar-refractivity contribution >= 4 is 0 Å². The van der Waals surface area contributed by atoms with Crippen LogP contribution in [0.25, 0.3) is 0 Å². The molecule has 3 rings (SSSR count). The maximum Gasteiger partial charge on any atom is 0.231 e. The summed E-state index contributed by atoms with van der Waals surface area (Å²) in [5.41, 5.74) is 0. The van der Waals surface area contributed by atoms with Crippen LogP contribution in [0.15, 0.2) is 24.3 Å². The maximum absolute atomic E-state index is 5.71. The zero-order chi connectivity index (χ0) is 21.3. The Labute approximate surface area is 175 Å². The third-order valence-corrected chi connectivity index (χ3v) is 4.26. The lowest BCUT2D eigenvalue weighted by molar-refractivity contribution is 0.0762. The minimum atomic E-state index is 0.171. The highest BCUT2D eigenvalue weighted by atomic mass is 16.7. The predicted molar refractivity (Wildman–Crippen MR) is 107 cm³/mol. The summed E-state index contributed by atoms with van der Waals surface area (Å²) in [7, 11) is 6.23. The average Bonchev–Trinajstić information content (AvgIpc) is 3.25. The Morgan fingerprint density at radius 3 is 1.80 bits per heavy atom. The van der Waals surface area contributed by atoms with Crippen molar-refractivity contribution in [2.75, 3.05) is 61.7 Å². The molecule has 1 heterocycles. The summed E-state index contributed by atoms with van der Waals surface area (Å²) in [5, 5.41) is 0. The van der Waals surface area contributed by atoms with Crippen molar-refractivity contribution in [1.82, 2.24) is 0 Å². The van der Waals surface area contributed by atoms with Crippen molar-refractivity contribution < 1.29 is 42.6 Å². The Bertz CT molecular complexity index is 812. The smallest absolute Gasteiger partial charge is 0.231 e. The minimum Gasteiger partial charge on any atom is -0.493 e. The Morgan fingerprint density at radius 2 is 1.23 bits per heavy atom. The molecule has 0 fully saturated rings. The second kappa shape index (κ2) is 10.5. The predicted octanol–water partition coefficient (Wildman–Crippen LogP) is 2.92. The molecule has 1 aliphatic heterocycles. The SMILES string of the molecule is COc1cc(OCCOCCOc2cc(OC)c3c(c2)OCO3)cc(OC)c1OC. The second-order valence-electron chi connectivity index (χ2n) is 6.03. The molecule has 9 nitrogen and oxygen atoms in total. The van der Waals surface area contributed by atoms with Gasteiger partial charge < -0.3 is 42.6 Å². The van der Waals surface area contributed by atoms with Gasteiger partial charge in [-0.2, -0.15) is 0 Å². The fraction of sp³-hybridized carbons (Fsp3) is 0.429. The van der Waals surface area contributed by atoms with E-state index in [1.165, 1.54) is 0 Å². The van der Waals surface area contributed by atoms with Crippen LogP contribution in [0.2, 0.25) is 0 Å². The van der Waals surface area contributed by atoms with Crippen LogP contribution in [-0.2, 0) is 4.74 Å². The van der Waals surface area contributed by atoms with Crippen molar-refractivity contribution in [2.45, 2.75) is 0 Å². The van der Waals surface area contributed by atoms with Gasteiger partial charge in [-0.1, -0.05) is 0 Å². The van der Waals surface area contributed by atoms with Crippen LogP contribution in [0, 0.1) is 0 Å². The first-order valence-electron chi connectivity index (χ1n) is 9.31. The molecule has 0 aromatic heterocycles. The van der Waals surface area contributed by atoms with E-state index in [-0.39, 0.29) is 6.79 Å². The first kappa shape index (κ1) is 21.5. The molecule has 2 aromatic rings. The number of benzene rings is 2. The van der Waals surface area contributed by atoms with Gasteiger partial charge in [0.25, 0.3) is 0 Å². The Balaban J connectivity index is 1.40. The van der Waals surface area contributed by atoms with Gasteiger partial charge in [0.15, 0.2) is 23.0 Å². The van der Waals surface area contributed by atoms with Gasteiger partial charge in [0.2, 0.25) is 18.3 Å². The van der Waals surface area contributed by atoms with E-state index in [0.717, 1.165) is 0 Å². The normalized spacial score (nSPS) is 11.7. The number of ether oxygens (including phenoxy) is 9. The number of methoxy groups -OCH3 is 4. The van der Waals surface area contributed by atoms with Crippen molar-refractivity contribution in [1.29, 1.82) is 0 Å². The molecule has 0 saturated carbocycles. The first-order valence-corrected chi connectivity index (χ1v) is 9.31. The highest BCUT2D eigenvalue weighted by Crippen LogP contribution is 2.44. The van der Waals surface area contributed by atoms with Crippen molar-refractivity contribution in [2.24, 2.45) is 0 Å². The minimum absolute atomic E-state index is 0.171. The highest BCUT2D eigenvalue weighted by molar-refractivity contribution is 5.57.